The van der Waals surface area contributed by atoms with Crippen molar-refractivity contribution in [3.63, 3.8) is 0 Å². The van der Waals surface area contributed by atoms with Gasteiger partial charge in [-0.1, -0.05) is 23.2 Å². The predicted molar refractivity (Wildman–Crippen MR) is 85.5 cm³/mol. The van der Waals surface area contributed by atoms with Crippen LogP contribution in [-0.4, -0.2) is 29.3 Å². The van der Waals surface area contributed by atoms with Gasteiger partial charge in [-0.05, 0) is 36.4 Å². The molecular formula is C15H13Cl2NO4. The molecule has 0 fully saturated rings. The lowest BCUT2D eigenvalue weighted by atomic mass is 10.1. The molecule has 0 bridgehead atoms. The summed E-state index contributed by atoms with van der Waals surface area (Å²) in [5.74, 6) is -1.02. The molecule has 116 valence electrons. The number of anilines is 1. The molecule has 2 aromatic rings. The largest absolute Gasteiger partial charge is 0.505 e. The minimum atomic E-state index is -1.25. The van der Waals surface area contributed by atoms with Gasteiger partial charge >= 0.3 is 5.97 Å². The molecule has 2 aromatic carbocycles. The third-order valence-corrected chi connectivity index (χ3v) is 3.35. The molecule has 0 aromatic heterocycles. The Morgan fingerprint density at radius 2 is 1.86 bits per heavy atom. The fourth-order valence-corrected chi connectivity index (χ4v) is 2.10. The number of nitrogens with one attached hydrogen (secondary N) is 1. The smallest absolute Gasteiger partial charge is 0.339 e. The maximum absolute atomic E-state index is 11.0. The maximum atomic E-state index is 11.0. The van der Waals surface area contributed by atoms with Gasteiger partial charge in [-0.2, -0.15) is 0 Å². The number of aromatic hydroxyl groups is 1. The summed E-state index contributed by atoms with van der Waals surface area (Å²) < 4.78 is 5.49. The van der Waals surface area contributed by atoms with Crippen LogP contribution in [-0.2, 0) is 0 Å². The standard InChI is InChI=1S/C15H13Cl2NO4/c16-9-1-3-11(4-2-9)22-6-5-18-10-7-12(15(20)21)14(19)13(17)8-10/h1-4,7-8,18-19H,5-6H2,(H,20,21). The van der Waals surface area contributed by atoms with Crippen molar-refractivity contribution in [2.45, 2.75) is 0 Å². The first-order valence-electron chi connectivity index (χ1n) is 6.35. The van der Waals surface area contributed by atoms with Crippen LogP contribution in [0.4, 0.5) is 5.69 Å². The highest BCUT2D eigenvalue weighted by Crippen LogP contribution is 2.31. The summed E-state index contributed by atoms with van der Waals surface area (Å²) in [4.78, 5) is 11.0. The van der Waals surface area contributed by atoms with Gasteiger partial charge in [0, 0.05) is 17.3 Å². The van der Waals surface area contributed by atoms with Crippen molar-refractivity contribution in [1.82, 2.24) is 0 Å². The van der Waals surface area contributed by atoms with Crippen LogP contribution in [0.1, 0.15) is 10.4 Å². The number of benzene rings is 2. The van der Waals surface area contributed by atoms with Gasteiger partial charge in [-0.25, -0.2) is 4.79 Å². The van der Waals surface area contributed by atoms with E-state index in [-0.39, 0.29) is 10.6 Å². The van der Waals surface area contributed by atoms with E-state index in [9.17, 15) is 9.90 Å². The zero-order valence-electron chi connectivity index (χ0n) is 11.3. The van der Waals surface area contributed by atoms with E-state index in [1.54, 1.807) is 24.3 Å². The lowest BCUT2D eigenvalue weighted by molar-refractivity contribution is 0.0694. The van der Waals surface area contributed by atoms with Crippen LogP contribution >= 0.6 is 23.2 Å². The van der Waals surface area contributed by atoms with Crippen molar-refractivity contribution < 1.29 is 19.7 Å². The first-order chi connectivity index (χ1) is 10.5. The van der Waals surface area contributed by atoms with Crippen LogP contribution in [0, 0.1) is 0 Å². The third-order valence-electron chi connectivity index (χ3n) is 2.81. The van der Waals surface area contributed by atoms with Crippen molar-refractivity contribution in [1.29, 1.82) is 0 Å². The third kappa shape index (κ3) is 4.19. The highest BCUT2D eigenvalue weighted by Gasteiger charge is 2.14. The molecule has 0 saturated carbocycles. The quantitative estimate of drug-likeness (QED) is 0.548. The SMILES string of the molecule is O=C(O)c1cc(NCCOc2ccc(Cl)cc2)cc(Cl)c1O. The molecule has 22 heavy (non-hydrogen) atoms. The van der Waals surface area contributed by atoms with Crippen LogP contribution < -0.4 is 10.1 Å². The molecule has 0 aliphatic heterocycles. The summed E-state index contributed by atoms with van der Waals surface area (Å²) >= 11 is 11.6. The molecule has 0 spiro atoms. The van der Waals surface area contributed by atoms with Crippen molar-refractivity contribution >= 4 is 34.9 Å². The van der Waals surface area contributed by atoms with E-state index in [1.807, 2.05) is 0 Å². The molecule has 7 heteroatoms. The number of halogens is 2. The van der Waals surface area contributed by atoms with Gasteiger partial charge in [-0.15, -0.1) is 0 Å². The highest BCUT2D eigenvalue weighted by molar-refractivity contribution is 6.33. The van der Waals surface area contributed by atoms with E-state index in [1.165, 1.54) is 12.1 Å². The van der Waals surface area contributed by atoms with Gasteiger partial charge in [0.05, 0.1) is 5.02 Å². The topological polar surface area (TPSA) is 78.8 Å². The Balaban J connectivity index is 1.92. The maximum Gasteiger partial charge on any atom is 0.339 e. The van der Waals surface area contributed by atoms with Gasteiger partial charge in [0.1, 0.15) is 23.7 Å². The molecule has 5 nitrogen and oxygen atoms in total. The molecular weight excluding hydrogens is 329 g/mol. The number of phenols is 1. The zero-order valence-corrected chi connectivity index (χ0v) is 12.9. The fraction of sp³-hybridized carbons (Fsp3) is 0.133. The number of aromatic carboxylic acids is 1. The summed E-state index contributed by atoms with van der Waals surface area (Å²) in [6.07, 6.45) is 0. The number of hydrogen-bond acceptors (Lipinski definition) is 4. The van der Waals surface area contributed by atoms with Crippen molar-refractivity contribution in [3.8, 4) is 11.5 Å². The first kappa shape index (κ1) is 16.3. The lowest BCUT2D eigenvalue weighted by Crippen LogP contribution is -2.12. The van der Waals surface area contributed by atoms with E-state index < -0.39 is 11.7 Å². The molecule has 3 N–H and O–H groups in total. The first-order valence-corrected chi connectivity index (χ1v) is 7.11. The number of hydrogen-bond donors (Lipinski definition) is 3. The van der Waals surface area contributed by atoms with Crippen molar-refractivity contribution in [2.24, 2.45) is 0 Å². The molecule has 0 unspecified atom stereocenters. The normalized spacial score (nSPS) is 10.3. The second kappa shape index (κ2) is 7.24. The lowest BCUT2D eigenvalue weighted by Gasteiger charge is -2.11. The van der Waals surface area contributed by atoms with Crippen LogP contribution in [0.25, 0.3) is 0 Å². The Bertz CT molecular complexity index is 674. The van der Waals surface area contributed by atoms with Gasteiger partial charge in [0.2, 0.25) is 0 Å². The number of rotatable bonds is 6. The second-order valence-electron chi connectivity index (χ2n) is 4.39. The van der Waals surface area contributed by atoms with Crippen molar-refractivity contribution in [3.05, 3.63) is 52.0 Å². The number of carboxylic acid groups (broad SMARTS) is 1. The zero-order chi connectivity index (χ0) is 16.1. The fourth-order valence-electron chi connectivity index (χ4n) is 1.76. The molecule has 0 heterocycles. The van der Waals surface area contributed by atoms with Crippen LogP contribution in [0.5, 0.6) is 11.5 Å². The summed E-state index contributed by atoms with van der Waals surface area (Å²) in [6, 6.07) is 9.72. The molecule has 0 aliphatic carbocycles. The average Bonchev–Trinajstić information content (AvgIpc) is 2.48. The van der Waals surface area contributed by atoms with Crippen LogP contribution in [0.15, 0.2) is 36.4 Å². The Morgan fingerprint density at radius 1 is 1.18 bits per heavy atom. The predicted octanol–water partition coefficient (Wildman–Crippen LogP) is 3.89. The molecule has 0 radical (unpaired) electrons. The monoisotopic (exact) mass is 341 g/mol. The summed E-state index contributed by atoms with van der Waals surface area (Å²) in [5.41, 5.74) is 0.230. The Hall–Kier alpha value is -2.11. The van der Waals surface area contributed by atoms with E-state index in [2.05, 4.69) is 5.32 Å². The molecule has 0 atom stereocenters. The van der Waals surface area contributed by atoms with Crippen LogP contribution in [0.3, 0.4) is 0 Å². The second-order valence-corrected chi connectivity index (χ2v) is 5.23. The van der Waals surface area contributed by atoms with Gasteiger partial charge in [0.25, 0.3) is 0 Å². The number of carbonyl (C=O) groups is 1. The molecule has 0 saturated heterocycles. The summed E-state index contributed by atoms with van der Waals surface area (Å²) in [7, 11) is 0. The van der Waals surface area contributed by atoms with Crippen LogP contribution in [0.2, 0.25) is 10.0 Å². The Labute approximate surface area is 137 Å². The minimum Gasteiger partial charge on any atom is -0.505 e. The van der Waals surface area contributed by atoms with Gasteiger partial charge in [0.15, 0.2) is 0 Å². The number of ether oxygens (including phenoxy) is 1. The summed E-state index contributed by atoms with van der Waals surface area (Å²) in [5, 5.41) is 22.1. The van der Waals surface area contributed by atoms with Gasteiger partial charge in [-0.3, -0.25) is 0 Å². The van der Waals surface area contributed by atoms with E-state index >= 15 is 0 Å². The Morgan fingerprint density at radius 3 is 2.50 bits per heavy atom. The van der Waals surface area contributed by atoms with E-state index in [0.717, 1.165) is 0 Å². The van der Waals surface area contributed by atoms with Crippen molar-refractivity contribution in [2.75, 3.05) is 18.5 Å². The molecule has 0 aliphatic rings. The van der Waals surface area contributed by atoms with E-state index in [4.69, 9.17) is 33.0 Å². The van der Waals surface area contributed by atoms with E-state index in [0.29, 0.717) is 29.6 Å². The Kier molecular flexibility index (Phi) is 5.35. The number of carboxylic acids is 1. The van der Waals surface area contributed by atoms with Gasteiger partial charge < -0.3 is 20.3 Å². The average molecular weight is 342 g/mol. The minimum absolute atomic E-state index is 0.0268. The molecule has 2 rings (SSSR count). The highest BCUT2D eigenvalue weighted by atomic mass is 35.5. The summed E-state index contributed by atoms with van der Waals surface area (Å²) in [6.45, 7) is 0.797. The molecule has 0 amide bonds.